The average molecular weight is 324 g/mol. The Hall–Kier alpha value is -1.32. The van der Waals surface area contributed by atoms with Crippen LogP contribution in [0.25, 0.3) is 0 Å². The lowest BCUT2D eigenvalue weighted by Gasteiger charge is -2.02. The van der Waals surface area contributed by atoms with Gasteiger partial charge in [-0.2, -0.15) is 5.10 Å². The fourth-order valence-corrected chi connectivity index (χ4v) is 1.91. The van der Waals surface area contributed by atoms with E-state index >= 15 is 0 Å². The molecule has 1 N–H and O–H groups in total. The van der Waals surface area contributed by atoms with E-state index in [9.17, 15) is 0 Å². The van der Waals surface area contributed by atoms with Crippen LogP contribution in [0.5, 0.6) is 0 Å². The first kappa shape index (κ1) is 13.1. The summed E-state index contributed by atoms with van der Waals surface area (Å²) < 4.78 is 1.06. The summed E-state index contributed by atoms with van der Waals surface area (Å²) in [5.74, 6) is 0. The normalized spacial score (nSPS) is 10.8. The fraction of sp³-hybridized carbons (Fsp3) is 0.0714. The van der Waals surface area contributed by atoms with Crippen LogP contribution in [0.2, 0.25) is 5.02 Å². The first-order chi connectivity index (χ1) is 8.75. The van der Waals surface area contributed by atoms with Gasteiger partial charge in [0, 0.05) is 9.50 Å². The highest BCUT2D eigenvalue weighted by Crippen LogP contribution is 2.14. The molecule has 0 radical (unpaired) electrons. The number of hydrazone groups is 1. The highest BCUT2D eigenvalue weighted by molar-refractivity contribution is 9.10. The number of hydrogen-bond donors (Lipinski definition) is 1. The van der Waals surface area contributed by atoms with Crippen LogP contribution in [-0.4, -0.2) is 6.21 Å². The molecular weight excluding hydrogens is 312 g/mol. The van der Waals surface area contributed by atoms with E-state index < -0.39 is 0 Å². The van der Waals surface area contributed by atoms with Gasteiger partial charge in [0.15, 0.2) is 0 Å². The molecule has 0 aliphatic heterocycles. The third-order valence-corrected chi connectivity index (χ3v) is 3.30. The number of benzene rings is 2. The Labute approximate surface area is 120 Å². The van der Waals surface area contributed by atoms with Gasteiger partial charge in [-0.3, -0.25) is 0 Å². The molecular formula is C14H12BrClN2. The number of halogens is 2. The second kappa shape index (κ2) is 6.57. The van der Waals surface area contributed by atoms with Gasteiger partial charge in [0.05, 0.1) is 12.8 Å². The summed E-state index contributed by atoms with van der Waals surface area (Å²) in [6.45, 7) is 0.618. The molecule has 18 heavy (non-hydrogen) atoms. The van der Waals surface area contributed by atoms with E-state index in [1.165, 1.54) is 0 Å². The van der Waals surface area contributed by atoms with Crippen molar-refractivity contribution in [3.8, 4) is 0 Å². The summed E-state index contributed by atoms with van der Waals surface area (Å²) in [5.41, 5.74) is 5.06. The van der Waals surface area contributed by atoms with Gasteiger partial charge in [-0.05, 0) is 29.3 Å². The first-order valence-electron chi connectivity index (χ1n) is 5.50. The van der Waals surface area contributed by atoms with E-state index in [0.29, 0.717) is 6.54 Å². The Kier molecular flexibility index (Phi) is 4.79. The molecule has 0 aliphatic rings. The van der Waals surface area contributed by atoms with Crippen LogP contribution in [0.15, 0.2) is 58.1 Å². The molecule has 0 aromatic heterocycles. The highest BCUT2D eigenvalue weighted by atomic mass is 79.9. The molecule has 0 saturated heterocycles. The Morgan fingerprint density at radius 2 is 1.83 bits per heavy atom. The maximum absolute atomic E-state index is 6.04. The van der Waals surface area contributed by atoms with Crippen molar-refractivity contribution < 1.29 is 0 Å². The van der Waals surface area contributed by atoms with Gasteiger partial charge in [0.2, 0.25) is 0 Å². The van der Waals surface area contributed by atoms with Gasteiger partial charge in [-0.1, -0.05) is 57.9 Å². The zero-order chi connectivity index (χ0) is 12.8. The Bertz CT molecular complexity index is 538. The first-order valence-corrected chi connectivity index (χ1v) is 6.68. The van der Waals surface area contributed by atoms with Crippen LogP contribution < -0.4 is 5.43 Å². The molecule has 4 heteroatoms. The molecule has 0 atom stereocenters. The molecule has 0 spiro atoms. The van der Waals surface area contributed by atoms with E-state index in [-0.39, 0.29) is 0 Å². The van der Waals surface area contributed by atoms with E-state index in [0.717, 1.165) is 20.6 Å². The Morgan fingerprint density at radius 3 is 2.56 bits per heavy atom. The SMILES string of the molecule is Clc1ccccc1CN/N=C\c1ccc(Br)cc1. The zero-order valence-corrected chi connectivity index (χ0v) is 11.9. The summed E-state index contributed by atoms with van der Waals surface area (Å²) in [6.07, 6.45) is 1.78. The highest BCUT2D eigenvalue weighted by Gasteiger charge is 1.96. The molecule has 2 rings (SSSR count). The molecule has 2 nitrogen and oxygen atoms in total. The lowest BCUT2D eigenvalue weighted by atomic mass is 10.2. The monoisotopic (exact) mass is 322 g/mol. The number of hydrogen-bond acceptors (Lipinski definition) is 2. The molecule has 0 unspecified atom stereocenters. The summed E-state index contributed by atoms with van der Waals surface area (Å²) in [4.78, 5) is 0. The third-order valence-electron chi connectivity index (χ3n) is 2.40. The lowest BCUT2D eigenvalue weighted by molar-refractivity contribution is 0.748. The maximum atomic E-state index is 6.04. The predicted molar refractivity (Wildman–Crippen MR) is 80.0 cm³/mol. The average Bonchev–Trinajstić information content (AvgIpc) is 2.39. The largest absolute Gasteiger partial charge is 0.306 e. The van der Waals surface area contributed by atoms with E-state index in [4.69, 9.17) is 11.6 Å². The van der Waals surface area contributed by atoms with Gasteiger partial charge in [-0.15, -0.1) is 0 Å². The topological polar surface area (TPSA) is 24.4 Å². The van der Waals surface area contributed by atoms with E-state index in [1.807, 2.05) is 48.5 Å². The minimum atomic E-state index is 0.618. The molecule has 2 aromatic rings. The standard InChI is InChI=1S/C14H12BrClN2/c15-13-7-5-11(6-8-13)9-17-18-10-12-3-1-2-4-14(12)16/h1-9,18H,10H2/b17-9-. The summed E-state index contributed by atoms with van der Waals surface area (Å²) in [6, 6.07) is 15.7. The van der Waals surface area contributed by atoms with Gasteiger partial charge in [0.1, 0.15) is 0 Å². The lowest BCUT2D eigenvalue weighted by Crippen LogP contribution is -2.05. The van der Waals surface area contributed by atoms with Crippen molar-refractivity contribution in [3.05, 3.63) is 69.2 Å². The van der Waals surface area contributed by atoms with Gasteiger partial charge >= 0.3 is 0 Å². The molecule has 0 amide bonds. The second-order valence-corrected chi connectivity index (χ2v) is 5.06. The van der Waals surface area contributed by atoms with Gasteiger partial charge in [-0.25, -0.2) is 0 Å². The van der Waals surface area contributed by atoms with Crippen molar-refractivity contribution in [2.45, 2.75) is 6.54 Å². The van der Waals surface area contributed by atoms with Crippen LogP contribution in [-0.2, 0) is 6.54 Å². The second-order valence-electron chi connectivity index (χ2n) is 3.74. The molecule has 0 heterocycles. The number of rotatable bonds is 4. The van der Waals surface area contributed by atoms with Crippen molar-refractivity contribution in [1.29, 1.82) is 0 Å². The van der Waals surface area contributed by atoms with Gasteiger partial charge < -0.3 is 5.43 Å². The van der Waals surface area contributed by atoms with Crippen molar-refractivity contribution in [3.63, 3.8) is 0 Å². The Morgan fingerprint density at radius 1 is 1.11 bits per heavy atom. The van der Waals surface area contributed by atoms with E-state index in [1.54, 1.807) is 6.21 Å². The predicted octanol–water partition coefficient (Wildman–Crippen LogP) is 4.23. The minimum Gasteiger partial charge on any atom is -0.306 e. The number of nitrogens with one attached hydrogen (secondary N) is 1. The molecule has 0 aliphatic carbocycles. The van der Waals surface area contributed by atoms with Crippen LogP contribution in [0.3, 0.4) is 0 Å². The van der Waals surface area contributed by atoms with Crippen molar-refractivity contribution in [2.75, 3.05) is 0 Å². The van der Waals surface area contributed by atoms with Crippen LogP contribution in [0, 0.1) is 0 Å². The van der Waals surface area contributed by atoms with Crippen LogP contribution in [0.4, 0.5) is 0 Å². The van der Waals surface area contributed by atoms with Crippen LogP contribution in [0.1, 0.15) is 11.1 Å². The molecule has 0 fully saturated rings. The van der Waals surface area contributed by atoms with Crippen molar-refractivity contribution in [2.24, 2.45) is 5.10 Å². The fourth-order valence-electron chi connectivity index (χ4n) is 1.44. The van der Waals surface area contributed by atoms with E-state index in [2.05, 4.69) is 26.5 Å². The smallest absolute Gasteiger partial charge is 0.0594 e. The third kappa shape index (κ3) is 3.86. The maximum Gasteiger partial charge on any atom is 0.0594 e. The van der Waals surface area contributed by atoms with Gasteiger partial charge in [0.25, 0.3) is 0 Å². The zero-order valence-electron chi connectivity index (χ0n) is 9.61. The molecule has 92 valence electrons. The minimum absolute atomic E-state index is 0.618. The van der Waals surface area contributed by atoms with Crippen molar-refractivity contribution in [1.82, 2.24) is 5.43 Å². The molecule has 2 aromatic carbocycles. The van der Waals surface area contributed by atoms with Crippen molar-refractivity contribution >= 4 is 33.7 Å². The molecule has 0 saturated carbocycles. The quantitative estimate of drug-likeness (QED) is 0.661. The van der Waals surface area contributed by atoms with Crippen LogP contribution >= 0.6 is 27.5 Å². The summed E-state index contributed by atoms with van der Waals surface area (Å²) in [5, 5.41) is 4.91. The summed E-state index contributed by atoms with van der Waals surface area (Å²) in [7, 11) is 0. The summed E-state index contributed by atoms with van der Waals surface area (Å²) >= 11 is 9.43. The Balaban J connectivity index is 1.89. The molecule has 0 bridgehead atoms. The number of nitrogens with zero attached hydrogens (tertiary/aromatic N) is 1.